The van der Waals surface area contributed by atoms with Crippen molar-refractivity contribution in [3.63, 3.8) is 0 Å². The highest BCUT2D eigenvalue weighted by Gasteiger charge is 2.15. The molecule has 0 saturated carbocycles. The molecular formula is C9H17N3O2. The first-order valence-electron chi connectivity index (χ1n) is 4.95. The average molecular weight is 199 g/mol. The van der Waals surface area contributed by atoms with Gasteiger partial charge in [-0.25, -0.2) is 0 Å². The van der Waals surface area contributed by atoms with Crippen molar-refractivity contribution in [1.29, 1.82) is 0 Å². The molecule has 5 heteroatoms. The second-order valence-electron chi connectivity index (χ2n) is 2.94. The maximum absolute atomic E-state index is 5.45. The third kappa shape index (κ3) is 2.78. The topological polar surface area (TPSA) is 74.2 Å². The molecule has 0 aromatic carbocycles. The normalized spacial score (nSPS) is 13.1. The lowest BCUT2D eigenvalue weighted by molar-refractivity contribution is 0.0518. The van der Waals surface area contributed by atoms with Crippen LogP contribution in [0.25, 0.3) is 0 Å². The molecule has 1 heterocycles. The zero-order valence-corrected chi connectivity index (χ0v) is 8.69. The lowest BCUT2D eigenvalue weighted by Gasteiger charge is -2.09. The van der Waals surface area contributed by atoms with E-state index in [0.29, 0.717) is 31.3 Å². The summed E-state index contributed by atoms with van der Waals surface area (Å²) in [4.78, 5) is 4.21. The largest absolute Gasteiger partial charge is 0.370 e. The number of aromatic nitrogens is 2. The Hall–Kier alpha value is -0.940. The van der Waals surface area contributed by atoms with Gasteiger partial charge in [-0.2, -0.15) is 4.98 Å². The highest BCUT2D eigenvalue weighted by atomic mass is 16.5. The van der Waals surface area contributed by atoms with Crippen molar-refractivity contribution in [2.45, 2.75) is 32.8 Å². The Bertz CT molecular complexity index is 262. The van der Waals surface area contributed by atoms with Crippen LogP contribution in [0.3, 0.4) is 0 Å². The van der Waals surface area contributed by atoms with Crippen molar-refractivity contribution in [2.24, 2.45) is 5.73 Å². The number of nitrogens with zero attached hydrogens (tertiary/aromatic N) is 2. The van der Waals surface area contributed by atoms with E-state index in [-0.39, 0.29) is 6.10 Å². The molecule has 0 bridgehead atoms. The van der Waals surface area contributed by atoms with Gasteiger partial charge in [0, 0.05) is 19.6 Å². The van der Waals surface area contributed by atoms with Crippen molar-refractivity contribution < 1.29 is 9.26 Å². The molecule has 1 aromatic heterocycles. The fourth-order valence-corrected chi connectivity index (χ4v) is 1.20. The van der Waals surface area contributed by atoms with Crippen LogP contribution in [0.15, 0.2) is 4.52 Å². The molecule has 0 spiro atoms. The summed E-state index contributed by atoms with van der Waals surface area (Å²) >= 11 is 0. The molecule has 1 unspecified atom stereocenters. The van der Waals surface area contributed by atoms with Crippen LogP contribution in [-0.2, 0) is 11.2 Å². The first kappa shape index (κ1) is 11.1. The highest BCUT2D eigenvalue weighted by Crippen LogP contribution is 2.17. The lowest BCUT2D eigenvalue weighted by atomic mass is 10.2. The van der Waals surface area contributed by atoms with Crippen LogP contribution >= 0.6 is 0 Å². The summed E-state index contributed by atoms with van der Waals surface area (Å²) < 4.78 is 10.5. The van der Waals surface area contributed by atoms with E-state index in [1.54, 1.807) is 0 Å². The van der Waals surface area contributed by atoms with E-state index in [9.17, 15) is 0 Å². The van der Waals surface area contributed by atoms with E-state index in [0.717, 1.165) is 6.42 Å². The fraction of sp³-hybridized carbons (Fsp3) is 0.778. The number of hydrogen-bond donors (Lipinski definition) is 1. The molecule has 0 aliphatic heterocycles. The lowest BCUT2D eigenvalue weighted by Crippen LogP contribution is -2.06. The van der Waals surface area contributed by atoms with Gasteiger partial charge in [-0.3, -0.25) is 0 Å². The molecule has 1 rings (SSSR count). The van der Waals surface area contributed by atoms with Crippen LogP contribution < -0.4 is 5.73 Å². The smallest absolute Gasteiger partial charge is 0.228 e. The Balaban J connectivity index is 2.63. The summed E-state index contributed by atoms with van der Waals surface area (Å²) in [6.07, 6.45) is 1.40. The summed E-state index contributed by atoms with van der Waals surface area (Å²) in [5.41, 5.74) is 5.38. The van der Waals surface area contributed by atoms with Gasteiger partial charge in [-0.15, -0.1) is 0 Å². The van der Waals surface area contributed by atoms with Crippen molar-refractivity contribution in [1.82, 2.24) is 10.1 Å². The number of hydrogen-bond acceptors (Lipinski definition) is 5. The Labute approximate surface area is 83.6 Å². The zero-order chi connectivity index (χ0) is 10.4. The number of ether oxygens (including phenoxy) is 1. The number of nitrogens with two attached hydrogens (primary N) is 1. The molecule has 0 fully saturated rings. The number of rotatable bonds is 6. The van der Waals surface area contributed by atoms with Gasteiger partial charge in [0.15, 0.2) is 0 Å². The van der Waals surface area contributed by atoms with Crippen molar-refractivity contribution in [3.8, 4) is 0 Å². The minimum Gasteiger partial charge on any atom is -0.370 e. The molecule has 14 heavy (non-hydrogen) atoms. The van der Waals surface area contributed by atoms with Gasteiger partial charge in [-0.05, 0) is 13.3 Å². The third-order valence-electron chi connectivity index (χ3n) is 1.87. The summed E-state index contributed by atoms with van der Waals surface area (Å²) in [5.74, 6) is 1.21. The molecular weight excluding hydrogens is 182 g/mol. The monoisotopic (exact) mass is 199 g/mol. The van der Waals surface area contributed by atoms with Gasteiger partial charge in [0.2, 0.25) is 11.7 Å². The van der Waals surface area contributed by atoms with E-state index in [1.807, 2.05) is 13.8 Å². The van der Waals surface area contributed by atoms with Crippen LogP contribution in [0.5, 0.6) is 0 Å². The summed E-state index contributed by atoms with van der Waals surface area (Å²) in [6, 6.07) is 0. The summed E-state index contributed by atoms with van der Waals surface area (Å²) in [6.45, 7) is 5.15. The van der Waals surface area contributed by atoms with Gasteiger partial charge in [0.1, 0.15) is 6.10 Å². The molecule has 0 amide bonds. The SMILES string of the molecule is CCOC(CC)c1noc(CCN)n1. The van der Waals surface area contributed by atoms with Gasteiger partial charge in [0.05, 0.1) is 0 Å². The van der Waals surface area contributed by atoms with Crippen LogP contribution in [0.4, 0.5) is 0 Å². The predicted octanol–water partition coefficient (Wildman–Crippen LogP) is 1.06. The minimum absolute atomic E-state index is 0.0599. The molecule has 0 radical (unpaired) electrons. The maximum atomic E-state index is 5.45. The Kier molecular flexibility index (Phi) is 4.55. The van der Waals surface area contributed by atoms with E-state index < -0.39 is 0 Å². The maximum Gasteiger partial charge on any atom is 0.228 e. The molecule has 0 aliphatic rings. The van der Waals surface area contributed by atoms with Crippen LogP contribution in [-0.4, -0.2) is 23.3 Å². The van der Waals surface area contributed by atoms with E-state index in [1.165, 1.54) is 0 Å². The van der Waals surface area contributed by atoms with Gasteiger partial charge >= 0.3 is 0 Å². The van der Waals surface area contributed by atoms with Gasteiger partial charge < -0.3 is 15.0 Å². The summed E-state index contributed by atoms with van der Waals surface area (Å²) in [5, 5.41) is 3.86. The van der Waals surface area contributed by atoms with E-state index >= 15 is 0 Å². The molecule has 1 atom stereocenters. The molecule has 0 saturated heterocycles. The Morgan fingerprint density at radius 2 is 2.29 bits per heavy atom. The molecule has 2 N–H and O–H groups in total. The second-order valence-corrected chi connectivity index (χ2v) is 2.94. The van der Waals surface area contributed by atoms with E-state index in [4.69, 9.17) is 15.0 Å². The molecule has 1 aromatic rings. The minimum atomic E-state index is -0.0599. The first-order chi connectivity index (χ1) is 6.81. The van der Waals surface area contributed by atoms with Crippen LogP contribution in [0, 0.1) is 0 Å². The molecule has 80 valence electrons. The second kappa shape index (κ2) is 5.72. The quantitative estimate of drug-likeness (QED) is 0.741. The average Bonchev–Trinajstić information content (AvgIpc) is 2.63. The van der Waals surface area contributed by atoms with Gasteiger partial charge in [-0.1, -0.05) is 12.1 Å². The van der Waals surface area contributed by atoms with Crippen molar-refractivity contribution in [3.05, 3.63) is 11.7 Å². The van der Waals surface area contributed by atoms with Crippen molar-refractivity contribution >= 4 is 0 Å². The van der Waals surface area contributed by atoms with Crippen molar-refractivity contribution in [2.75, 3.05) is 13.2 Å². The zero-order valence-electron chi connectivity index (χ0n) is 8.69. The standard InChI is InChI=1S/C9H17N3O2/c1-3-7(13-4-2)9-11-8(5-6-10)14-12-9/h7H,3-6,10H2,1-2H3. The Morgan fingerprint density at radius 3 is 2.86 bits per heavy atom. The molecule has 0 aliphatic carbocycles. The van der Waals surface area contributed by atoms with Gasteiger partial charge in [0.25, 0.3) is 0 Å². The Morgan fingerprint density at radius 1 is 1.50 bits per heavy atom. The summed E-state index contributed by atoms with van der Waals surface area (Å²) in [7, 11) is 0. The molecule has 5 nitrogen and oxygen atoms in total. The van der Waals surface area contributed by atoms with Crippen LogP contribution in [0.2, 0.25) is 0 Å². The third-order valence-corrected chi connectivity index (χ3v) is 1.87. The fourth-order valence-electron chi connectivity index (χ4n) is 1.20. The van der Waals surface area contributed by atoms with E-state index in [2.05, 4.69) is 10.1 Å². The highest BCUT2D eigenvalue weighted by molar-refractivity contribution is 4.91. The first-order valence-corrected chi connectivity index (χ1v) is 4.95. The van der Waals surface area contributed by atoms with Crippen LogP contribution in [0.1, 0.15) is 38.1 Å². The predicted molar refractivity (Wildman–Crippen MR) is 51.7 cm³/mol.